The molecule has 0 saturated carbocycles. The molecule has 0 aromatic heterocycles. The first kappa shape index (κ1) is 29.3. The van der Waals surface area contributed by atoms with Gasteiger partial charge in [0.1, 0.15) is 9.32 Å². The molecule has 32 heavy (non-hydrogen) atoms. The minimum Gasteiger partial charge on any atom is -0.403 e. The van der Waals surface area contributed by atoms with Gasteiger partial charge in [-0.05, 0) is 56.2 Å². The fraction of sp³-hybridized carbons (Fsp3) is 0.667. The van der Waals surface area contributed by atoms with Gasteiger partial charge >= 0.3 is 27.6 Å². The van der Waals surface area contributed by atoms with Crippen molar-refractivity contribution in [2.75, 3.05) is 0 Å². The SMILES string of the molecule is CCCCCCCCCCC=CCCCCCCc1ccc(I(=O)=O)c(OP(=O)(O)O)c1. The van der Waals surface area contributed by atoms with Crippen molar-refractivity contribution in [2.24, 2.45) is 0 Å². The Balaban J connectivity index is 2.13. The summed E-state index contributed by atoms with van der Waals surface area (Å²) in [5.41, 5.74) is 0.820. The third-order valence-electron chi connectivity index (χ3n) is 5.36. The Morgan fingerprint density at radius 3 is 1.91 bits per heavy atom. The second-order valence-electron chi connectivity index (χ2n) is 8.25. The van der Waals surface area contributed by atoms with E-state index in [-0.39, 0.29) is 9.32 Å². The largest absolute Gasteiger partial charge is 0.524 e. The molecule has 1 aromatic rings. The molecule has 0 amide bonds. The van der Waals surface area contributed by atoms with E-state index in [2.05, 4.69) is 23.6 Å². The van der Waals surface area contributed by atoms with Crippen LogP contribution in [0.25, 0.3) is 0 Å². The van der Waals surface area contributed by atoms with E-state index in [4.69, 9.17) is 9.79 Å². The number of unbranched alkanes of at least 4 members (excludes halogenated alkanes) is 12. The van der Waals surface area contributed by atoms with Crippen molar-refractivity contribution >= 4 is 27.6 Å². The van der Waals surface area contributed by atoms with Crippen LogP contribution in [0.15, 0.2) is 30.4 Å². The average molecular weight is 582 g/mol. The molecule has 0 aliphatic heterocycles. The van der Waals surface area contributed by atoms with Gasteiger partial charge in [-0.25, -0.2) is 10.7 Å². The number of aryl methyl sites for hydroxylation is 1. The van der Waals surface area contributed by atoms with Crippen molar-refractivity contribution in [1.82, 2.24) is 0 Å². The van der Waals surface area contributed by atoms with E-state index in [9.17, 15) is 10.7 Å². The highest BCUT2D eigenvalue weighted by Gasteiger charge is 2.20. The molecule has 6 nitrogen and oxygen atoms in total. The van der Waals surface area contributed by atoms with Crippen LogP contribution in [0.4, 0.5) is 0 Å². The number of rotatable bonds is 19. The van der Waals surface area contributed by atoms with Crippen LogP contribution in [0.2, 0.25) is 0 Å². The molecule has 0 atom stereocenters. The fourth-order valence-electron chi connectivity index (χ4n) is 3.61. The van der Waals surface area contributed by atoms with E-state index in [1.54, 1.807) is 6.07 Å². The molecule has 0 heterocycles. The number of halogens is 1. The number of benzene rings is 1. The summed E-state index contributed by atoms with van der Waals surface area (Å²) < 4.78 is 38.2. The monoisotopic (exact) mass is 582 g/mol. The van der Waals surface area contributed by atoms with Crippen LogP contribution < -0.4 is 4.52 Å². The molecule has 0 unspecified atom stereocenters. The topological polar surface area (TPSA) is 101 Å². The number of hydrogen-bond donors (Lipinski definition) is 2. The summed E-state index contributed by atoms with van der Waals surface area (Å²) in [4.78, 5) is 18.0. The lowest BCUT2D eigenvalue weighted by Gasteiger charge is -2.10. The van der Waals surface area contributed by atoms with Gasteiger partial charge in [0.15, 0.2) is 0 Å². The Morgan fingerprint density at radius 1 is 0.844 bits per heavy atom. The zero-order chi connectivity index (χ0) is 23.7. The zero-order valence-corrected chi connectivity index (χ0v) is 22.4. The van der Waals surface area contributed by atoms with Gasteiger partial charge in [0.25, 0.3) is 0 Å². The Labute approximate surface area is 200 Å². The van der Waals surface area contributed by atoms with Gasteiger partial charge in [0.2, 0.25) is 0 Å². The predicted molar refractivity (Wildman–Crippen MR) is 136 cm³/mol. The first-order valence-electron chi connectivity index (χ1n) is 11.9. The third kappa shape index (κ3) is 15.1. The number of hydrogen-bond acceptors (Lipinski definition) is 4. The van der Waals surface area contributed by atoms with Gasteiger partial charge in [-0.15, -0.1) is 0 Å². The molecule has 0 bridgehead atoms. The summed E-state index contributed by atoms with van der Waals surface area (Å²) in [6.07, 6.45) is 22.7. The molecule has 0 fully saturated rings. The standard InChI is InChI=1S/C24H40IO6P/c1-2-3-4-5-6-7-8-9-10-11-12-13-14-15-16-17-18-22-19-20-23(25(26)27)24(21-22)31-32(28,29)30/h11-12,19-21H,2-10,13-18H2,1H3,(H2,28,29,30). The van der Waals surface area contributed by atoms with Gasteiger partial charge in [0.05, 0.1) is 0 Å². The molecule has 1 aromatic carbocycles. The van der Waals surface area contributed by atoms with Crippen LogP contribution in [-0.2, 0) is 17.1 Å². The predicted octanol–water partition coefficient (Wildman–Crippen LogP) is 8.11. The van der Waals surface area contributed by atoms with Gasteiger partial charge in [0, 0.05) is 0 Å². The van der Waals surface area contributed by atoms with E-state index in [0.29, 0.717) is 0 Å². The Bertz CT molecular complexity index is 777. The lowest BCUT2D eigenvalue weighted by atomic mass is 10.0. The Kier molecular flexibility index (Phi) is 16.2. The Hall–Kier alpha value is -0.760. The highest BCUT2D eigenvalue weighted by molar-refractivity contribution is 14.2. The summed E-state index contributed by atoms with van der Waals surface area (Å²) >= 11 is -3.90. The minimum atomic E-state index is -4.80. The smallest absolute Gasteiger partial charge is 0.403 e. The molecular formula is C24H40IO6P. The quantitative estimate of drug-likeness (QED) is 0.0740. The maximum Gasteiger partial charge on any atom is 0.524 e. The van der Waals surface area contributed by atoms with Crippen LogP contribution in [0, 0.1) is 3.57 Å². The zero-order valence-electron chi connectivity index (χ0n) is 19.3. The van der Waals surface area contributed by atoms with E-state index < -0.39 is 27.6 Å². The molecule has 0 aliphatic carbocycles. The van der Waals surface area contributed by atoms with Crippen molar-refractivity contribution in [1.29, 1.82) is 0 Å². The first-order valence-corrected chi connectivity index (χ1v) is 16.3. The summed E-state index contributed by atoms with van der Waals surface area (Å²) in [5.74, 6) is -0.243. The molecule has 0 radical (unpaired) electrons. The van der Waals surface area contributed by atoms with E-state index >= 15 is 0 Å². The number of phosphoric acid groups is 1. The van der Waals surface area contributed by atoms with Crippen molar-refractivity contribution in [3.8, 4) is 5.75 Å². The highest BCUT2D eigenvalue weighted by atomic mass is 127. The van der Waals surface area contributed by atoms with Crippen molar-refractivity contribution < 1.29 is 25.0 Å². The molecule has 8 heteroatoms. The maximum atomic E-state index is 11.3. The van der Waals surface area contributed by atoms with Crippen molar-refractivity contribution in [2.45, 2.75) is 103 Å². The minimum absolute atomic E-state index is 0.125. The molecule has 2 N–H and O–H groups in total. The van der Waals surface area contributed by atoms with Gasteiger partial charge in [-0.2, -0.15) is 0 Å². The van der Waals surface area contributed by atoms with Crippen LogP contribution in [0.5, 0.6) is 5.75 Å². The molecule has 0 aliphatic rings. The highest BCUT2D eigenvalue weighted by Crippen LogP contribution is 2.41. The van der Waals surface area contributed by atoms with Gasteiger partial charge in [-0.1, -0.05) is 82.9 Å². The van der Waals surface area contributed by atoms with Gasteiger partial charge in [-0.3, -0.25) is 9.79 Å². The third-order valence-corrected chi connectivity index (χ3v) is 7.63. The van der Waals surface area contributed by atoms with Crippen LogP contribution in [-0.4, -0.2) is 9.79 Å². The lowest BCUT2D eigenvalue weighted by molar-refractivity contribution is 0.282. The average Bonchev–Trinajstić information content (AvgIpc) is 2.72. The molecular weight excluding hydrogens is 542 g/mol. The van der Waals surface area contributed by atoms with E-state index in [1.165, 1.54) is 69.9 Å². The molecule has 0 saturated heterocycles. The molecule has 1 rings (SSSR count). The van der Waals surface area contributed by atoms with Crippen molar-refractivity contribution in [3.05, 3.63) is 39.5 Å². The number of phosphoric ester groups is 1. The van der Waals surface area contributed by atoms with Gasteiger partial charge < -0.3 is 4.52 Å². The van der Waals surface area contributed by atoms with Crippen molar-refractivity contribution in [3.63, 3.8) is 0 Å². The second kappa shape index (κ2) is 17.7. The summed E-state index contributed by atoms with van der Waals surface area (Å²) in [7, 11) is -4.80. The van der Waals surface area contributed by atoms with Crippen LogP contribution in [0.1, 0.15) is 102 Å². The Morgan fingerprint density at radius 2 is 1.38 bits per heavy atom. The molecule has 184 valence electrons. The second-order valence-corrected chi connectivity index (χ2v) is 11.8. The number of allylic oxidation sites excluding steroid dienone is 2. The first-order chi connectivity index (χ1) is 15.3. The van der Waals surface area contributed by atoms with E-state index in [0.717, 1.165) is 44.1 Å². The fourth-order valence-corrected chi connectivity index (χ4v) is 5.36. The van der Waals surface area contributed by atoms with E-state index in [1.807, 2.05) is 0 Å². The lowest BCUT2D eigenvalue weighted by Crippen LogP contribution is -1.95. The summed E-state index contributed by atoms with van der Waals surface area (Å²) in [6, 6.07) is 4.50. The maximum absolute atomic E-state index is 11.3. The normalized spacial score (nSPS) is 12.1. The summed E-state index contributed by atoms with van der Waals surface area (Å²) in [5, 5.41) is 0. The van der Waals surface area contributed by atoms with Crippen LogP contribution >= 0.6 is 27.6 Å². The van der Waals surface area contributed by atoms with Crippen LogP contribution in [0.3, 0.4) is 0 Å². The molecule has 0 spiro atoms. The summed E-state index contributed by atoms with van der Waals surface area (Å²) in [6.45, 7) is 2.25.